The van der Waals surface area contributed by atoms with E-state index < -0.39 is 36.2 Å². The first-order valence-corrected chi connectivity index (χ1v) is 10.8. The predicted octanol–water partition coefficient (Wildman–Crippen LogP) is 0.481. The van der Waals surface area contributed by atoms with Crippen molar-refractivity contribution in [2.75, 3.05) is 0 Å². The number of halogens is 2. The third-order valence-corrected chi connectivity index (χ3v) is 5.24. The van der Waals surface area contributed by atoms with E-state index in [9.17, 15) is 28.9 Å². The van der Waals surface area contributed by atoms with Crippen molar-refractivity contribution < 1.29 is 58.5 Å². The normalized spacial score (nSPS) is 13.0. The Balaban J connectivity index is 0.00000432. The van der Waals surface area contributed by atoms with E-state index >= 15 is 0 Å². The van der Waals surface area contributed by atoms with Crippen LogP contribution in [-0.2, 0) is 4.79 Å². The number of carbonyl (C=O) groups excluding carboxylic acids is 1. The Morgan fingerprint density at radius 3 is 2.03 bits per heavy atom. The Bertz CT molecular complexity index is 1170. The summed E-state index contributed by atoms with van der Waals surface area (Å²) in [6.45, 7) is 3.85. The van der Waals surface area contributed by atoms with Crippen LogP contribution in [0.3, 0.4) is 0 Å². The second-order valence-corrected chi connectivity index (χ2v) is 8.28. The van der Waals surface area contributed by atoms with Gasteiger partial charge in [-0.3, -0.25) is 0 Å². The fraction of sp³-hybridized carbons (Fsp3) is 0.269. The maximum Gasteiger partial charge on any atom is 1.00 e. The third-order valence-electron chi connectivity index (χ3n) is 5.24. The summed E-state index contributed by atoms with van der Waals surface area (Å²) >= 11 is 0. The van der Waals surface area contributed by atoms with E-state index in [1.165, 1.54) is 30.3 Å². The van der Waals surface area contributed by atoms with Gasteiger partial charge < -0.3 is 20.1 Å². The van der Waals surface area contributed by atoms with E-state index in [-0.39, 0.29) is 41.9 Å². The van der Waals surface area contributed by atoms with Gasteiger partial charge in [0.1, 0.15) is 17.3 Å². The molecule has 35 heavy (non-hydrogen) atoms. The largest absolute Gasteiger partial charge is 1.00 e. The van der Waals surface area contributed by atoms with Crippen molar-refractivity contribution in [2.45, 2.75) is 44.8 Å². The quantitative estimate of drug-likeness (QED) is 0.423. The number of aliphatic hydroxyl groups is 2. The molecular weight excluding hydrogens is 465 g/mol. The van der Waals surface area contributed by atoms with E-state index in [1.807, 2.05) is 13.8 Å². The predicted molar refractivity (Wildman–Crippen MR) is 122 cm³/mol. The van der Waals surface area contributed by atoms with Crippen molar-refractivity contribution in [3.8, 4) is 22.4 Å². The molecule has 9 heteroatoms. The first-order chi connectivity index (χ1) is 16.2. The van der Waals surface area contributed by atoms with Crippen LogP contribution in [-0.4, -0.2) is 38.6 Å². The molecule has 0 aliphatic rings. The van der Waals surface area contributed by atoms with E-state index in [1.54, 1.807) is 30.3 Å². The van der Waals surface area contributed by atoms with Crippen molar-refractivity contribution in [1.29, 1.82) is 0 Å². The molecular formula is C26H25F2N2NaO4. The second-order valence-electron chi connectivity index (χ2n) is 8.28. The summed E-state index contributed by atoms with van der Waals surface area (Å²) in [6.07, 6.45) is -0.130. The monoisotopic (exact) mass is 490 g/mol. The molecule has 3 aromatic rings. The Hall–Kier alpha value is -2.49. The fourth-order valence-electron chi connectivity index (χ4n) is 3.62. The average molecular weight is 490 g/mol. The number of aromatic nitrogens is 2. The van der Waals surface area contributed by atoms with Crippen LogP contribution in [0, 0.1) is 11.6 Å². The standard InChI is InChI=1S/C26H26F2N2O4.Na/c1-15(2)25-22(12-11-20(31)13-21(32)14-23(33)34)24(16-3-7-18(27)8-4-16)26(30-29-25)17-5-9-19(28)10-6-17;/h3-12,15,20-21,31-32H,13-14H2,1-2H3,(H,33,34);/q;+1/p-1/b12-11+;/t20-,21-;/m1./s1. The molecule has 0 aliphatic heterocycles. The topological polar surface area (TPSA) is 106 Å². The van der Waals surface area contributed by atoms with Crippen LogP contribution in [0.5, 0.6) is 0 Å². The Kier molecular flexibility index (Phi) is 10.7. The number of carboxylic acid groups (broad SMARTS) is 1. The molecule has 1 heterocycles. The molecule has 0 amide bonds. The number of carbonyl (C=O) groups is 1. The number of nitrogens with zero attached hydrogens (tertiary/aromatic N) is 2. The van der Waals surface area contributed by atoms with Gasteiger partial charge in [-0.25, -0.2) is 8.78 Å². The summed E-state index contributed by atoms with van der Waals surface area (Å²) in [5.74, 6) is -2.29. The first-order valence-electron chi connectivity index (χ1n) is 10.8. The average Bonchev–Trinajstić information content (AvgIpc) is 2.77. The van der Waals surface area contributed by atoms with Crippen LogP contribution in [0.2, 0.25) is 0 Å². The molecule has 0 saturated carbocycles. The Morgan fingerprint density at radius 1 is 0.971 bits per heavy atom. The molecule has 2 atom stereocenters. The molecule has 6 nitrogen and oxygen atoms in total. The number of aliphatic carboxylic acids is 1. The second kappa shape index (κ2) is 13.0. The number of aliphatic hydroxyl groups excluding tert-OH is 2. The molecule has 0 fully saturated rings. The number of carboxylic acids is 1. The van der Waals surface area contributed by atoms with E-state index in [0.717, 1.165) is 0 Å². The molecule has 0 radical (unpaired) electrons. The van der Waals surface area contributed by atoms with Gasteiger partial charge in [0.25, 0.3) is 0 Å². The summed E-state index contributed by atoms with van der Waals surface area (Å²) in [5.41, 5.74) is 3.53. The maximum absolute atomic E-state index is 13.7. The minimum atomic E-state index is -1.41. The zero-order valence-corrected chi connectivity index (χ0v) is 21.8. The molecule has 0 saturated heterocycles. The summed E-state index contributed by atoms with van der Waals surface area (Å²) in [6, 6.07) is 11.6. The van der Waals surface area contributed by atoms with E-state index in [2.05, 4.69) is 10.2 Å². The molecule has 0 aliphatic carbocycles. The fourth-order valence-corrected chi connectivity index (χ4v) is 3.62. The van der Waals surface area contributed by atoms with Gasteiger partial charge in [0.15, 0.2) is 0 Å². The third kappa shape index (κ3) is 7.75. The molecule has 0 bridgehead atoms. The SMILES string of the molecule is CC(C)c1nnc(-c2ccc(F)cc2)c(-c2ccc(F)cc2)c1/C=C/[C@@H](O)C[C@@H](O)CC(=O)[O-].[Na+]. The summed E-state index contributed by atoms with van der Waals surface area (Å²) in [7, 11) is 0. The zero-order valence-electron chi connectivity index (χ0n) is 19.8. The minimum absolute atomic E-state index is 0. The minimum Gasteiger partial charge on any atom is -0.550 e. The van der Waals surface area contributed by atoms with Crippen molar-refractivity contribution in [3.63, 3.8) is 0 Å². The zero-order chi connectivity index (χ0) is 24.8. The molecule has 0 unspecified atom stereocenters. The van der Waals surface area contributed by atoms with Gasteiger partial charge in [-0.15, -0.1) is 5.10 Å². The van der Waals surface area contributed by atoms with Crippen LogP contribution in [0.25, 0.3) is 28.5 Å². The smallest absolute Gasteiger partial charge is 0.550 e. The molecule has 3 rings (SSSR count). The van der Waals surface area contributed by atoms with Gasteiger partial charge in [-0.1, -0.05) is 38.1 Å². The summed E-state index contributed by atoms with van der Waals surface area (Å²) in [4.78, 5) is 10.7. The number of benzene rings is 2. The van der Waals surface area contributed by atoms with Crippen LogP contribution in [0.15, 0.2) is 54.6 Å². The van der Waals surface area contributed by atoms with Gasteiger partial charge in [-0.05, 0) is 47.9 Å². The molecule has 178 valence electrons. The van der Waals surface area contributed by atoms with E-state index in [0.29, 0.717) is 33.6 Å². The van der Waals surface area contributed by atoms with Crippen LogP contribution < -0.4 is 34.7 Å². The van der Waals surface area contributed by atoms with Gasteiger partial charge >= 0.3 is 29.6 Å². The maximum atomic E-state index is 13.7. The van der Waals surface area contributed by atoms with Gasteiger partial charge in [0.05, 0.1) is 17.9 Å². The van der Waals surface area contributed by atoms with E-state index in [4.69, 9.17) is 0 Å². The van der Waals surface area contributed by atoms with Gasteiger partial charge in [0, 0.05) is 35.5 Å². The number of hydrogen-bond acceptors (Lipinski definition) is 6. The van der Waals surface area contributed by atoms with Crippen molar-refractivity contribution in [1.82, 2.24) is 10.2 Å². The van der Waals surface area contributed by atoms with Gasteiger partial charge in [0.2, 0.25) is 0 Å². The van der Waals surface area contributed by atoms with Crippen LogP contribution in [0.1, 0.15) is 43.9 Å². The van der Waals surface area contributed by atoms with Crippen molar-refractivity contribution in [3.05, 3.63) is 77.5 Å². The number of hydrogen-bond donors (Lipinski definition) is 2. The van der Waals surface area contributed by atoms with Crippen LogP contribution >= 0.6 is 0 Å². The molecule has 1 aromatic heterocycles. The number of rotatable bonds is 9. The first kappa shape index (κ1) is 28.7. The summed E-state index contributed by atoms with van der Waals surface area (Å²) < 4.78 is 27.2. The molecule has 2 aromatic carbocycles. The molecule has 0 spiro atoms. The van der Waals surface area contributed by atoms with Crippen LogP contribution in [0.4, 0.5) is 8.78 Å². The Morgan fingerprint density at radius 2 is 1.51 bits per heavy atom. The van der Waals surface area contributed by atoms with Crippen molar-refractivity contribution >= 4 is 12.0 Å². The van der Waals surface area contributed by atoms with Gasteiger partial charge in [-0.2, -0.15) is 5.10 Å². The summed E-state index contributed by atoms with van der Waals surface area (Å²) in [5, 5.41) is 39.6. The molecule has 2 N–H and O–H groups in total. The van der Waals surface area contributed by atoms with Crippen molar-refractivity contribution in [2.24, 2.45) is 0 Å². The Labute approximate surface area is 224 Å².